The summed E-state index contributed by atoms with van der Waals surface area (Å²) in [5.74, 6) is 1.70. The maximum atomic E-state index is 9.72. The molecule has 2 rings (SSSR count). The van der Waals surface area contributed by atoms with Gasteiger partial charge in [0.25, 0.3) is 20.2 Å². The van der Waals surface area contributed by atoms with Crippen molar-refractivity contribution >= 4 is 20.2 Å². The third-order valence-corrected chi connectivity index (χ3v) is 5.88. The highest BCUT2D eigenvalue weighted by atomic mass is 32.2. The van der Waals surface area contributed by atoms with Crippen molar-refractivity contribution in [1.29, 1.82) is 0 Å². The highest BCUT2D eigenvalue weighted by Crippen LogP contribution is 2.09. The minimum Gasteiger partial charge on any atom is -0.335 e. The van der Waals surface area contributed by atoms with Crippen LogP contribution in [0.15, 0.2) is 50.1 Å². The van der Waals surface area contributed by atoms with Crippen LogP contribution in [0.4, 0.5) is 0 Å². The maximum Gasteiger partial charge on any atom is 0.268 e. The lowest BCUT2D eigenvalue weighted by molar-refractivity contribution is 0.484. The number of aromatic nitrogens is 4. The van der Waals surface area contributed by atoms with Crippen molar-refractivity contribution in [3.05, 3.63) is 61.7 Å². The van der Waals surface area contributed by atoms with Crippen molar-refractivity contribution in [2.45, 2.75) is 71.9 Å². The largest absolute Gasteiger partial charge is 0.335 e. The Morgan fingerprint density at radius 2 is 1.14 bits per heavy atom. The van der Waals surface area contributed by atoms with Gasteiger partial charge < -0.3 is 9.13 Å². The van der Waals surface area contributed by atoms with Gasteiger partial charge in [0.05, 0.1) is 11.5 Å². The summed E-state index contributed by atoms with van der Waals surface area (Å²) >= 11 is 0. The first-order chi connectivity index (χ1) is 16.5. The van der Waals surface area contributed by atoms with Crippen LogP contribution in [-0.2, 0) is 46.2 Å². The van der Waals surface area contributed by atoms with E-state index in [1.165, 1.54) is 37.3 Å². The smallest absolute Gasteiger partial charge is 0.268 e. The van der Waals surface area contributed by atoms with E-state index in [4.69, 9.17) is 9.11 Å². The van der Waals surface area contributed by atoms with Crippen LogP contribution < -0.4 is 0 Å². The SMILES string of the molecule is C=CCS(=O)(=O)O.C=CCS(=O)(=O)O.CCCCn1ccnc1CCCc1nccn1CCCC. The van der Waals surface area contributed by atoms with Crippen molar-refractivity contribution < 1.29 is 25.9 Å². The van der Waals surface area contributed by atoms with Crippen LogP contribution in [0.2, 0.25) is 0 Å². The number of hydrogen-bond acceptors (Lipinski definition) is 6. The number of nitrogens with zero attached hydrogens (tertiary/aromatic N) is 4. The molecular weight excluding hydrogens is 492 g/mol. The molecule has 0 radical (unpaired) electrons. The number of unbranched alkanes of at least 4 members (excludes halogenated alkanes) is 2. The fraction of sp³-hybridized carbons (Fsp3) is 0.565. The summed E-state index contributed by atoms with van der Waals surface area (Å²) in [6, 6.07) is 0. The fourth-order valence-corrected chi connectivity index (χ4v) is 3.50. The van der Waals surface area contributed by atoms with Gasteiger partial charge in [0.15, 0.2) is 0 Å². The van der Waals surface area contributed by atoms with Gasteiger partial charge in [-0.3, -0.25) is 9.11 Å². The standard InChI is InChI=1S/C17H28N4.2C3H6O3S/c1-3-5-12-20-14-10-18-16(20)8-7-9-17-19-11-15-21(17)13-6-4-2;2*1-2-3-7(4,5)6/h10-11,14-15H,3-9,12-13H2,1-2H3;2*2H,1,3H2,(H,4,5,6). The molecule has 0 amide bonds. The summed E-state index contributed by atoms with van der Waals surface area (Å²) < 4.78 is 59.3. The maximum absolute atomic E-state index is 9.72. The van der Waals surface area contributed by atoms with Crippen molar-refractivity contribution in [3.8, 4) is 0 Å². The molecule has 2 N–H and O–H groups in total. The van der Waals surface area contributed by atoms with Gasteiger partial charge in [0, 0.05) is 50.7 Å². The third kappa shape index (κ3) is 17.8. The molecule has 12 heteroatoms. The average Bonchev–Trinajstić information content (AvgIpc) is 3.39. The Balaban J connectivity index is 0.000000680. The lowest BCUT2D eigenvalue weighted by Gasteiger charge is -2.08. The molecule has 0 spiro atoms. The number of hydrogen-bond donors (Lipinski definition) is 2. The van der Waals surface area contributed by atoms with Gasteiger partial charge in [-0.2, -0.15) is 16.8 Å². The van der Waals surface area contributed by atoms with Gasteiger partial charge in [0.2, 0.25) is 0 Å². The Morgan fingerprint density at radius 1 is 0.771 bits per heavy atom. The van der Waals surface area contributed by atoms with Gasteiger partial charge in [0.1, 0.15) is 11.6 Å². The van der Waals surface area contributed by atoms with Crippen LogP contribution in [0, 0.1) is 0 Å². The number of rotatable bonds is 14. The molecule has 35 heavy (non-hydrogen) atoms. The Labute approximate surface area is 210 Å². The lowest BCUT2D eigenvalue weighted by Crippen LogP contribution is -2.06. The second-order valence-corrected chi connectivity index (χ2v) is 10.7. The second-order valence-electron chi connectivity index (χ2n) is 7.71. The molecule has 0 aliphatic heterocycles. The summed E-state index contributed by atoms with van der Waals surface area (Å²) in [5.41, 5.74) is 0. The van der Waals surface area contributed by atoms with Crippen LogP contribution in [0.1, 0.15) is 57.6 Å². The van der Waals surface area contributed by atoms with Gasteiger partial charge >= 0.3 is 0 Å². The van der Waals surface area contributed by atoms with Crippen LogP contribution in [-0.4, -0.2) is 56.5 Å². The third-order valence-electron chi connectivity index (χ3n) is 4.57. The highest BCUT2D eigenvalue weighted by Gasteiger charge is 2.06. The monoisotopic (exact) mass is 532 g/mol. The van der Waals surface area contributed by atoms with Gasteiger partial charge in [-0.1, -0.05) is 38.8 Å². The molecule has 0 atom stereocenters. The molecule has 10 nitrogen and oxygen atoms in total. The summed E-state index contributed by atoms with van der Waals surface area (Å²) in [5, 5.41) is 0. The highest BCUT2D eigenvalue weighted by molar-refractivity contribution is 7.86. The van der Waals surface area contributed by atoms with E-state index in [1.807, 2.05) is 12.4 Å². The van der Waals surface area contributed by atoms with Crippen LogP contribution in [0.5, 0.6) is 0 Å². The minimum atomic E-state index is -3.79. The van der Waals surface area contributed by atoms with E-state index in [0.717, 1.165) is 44.5 Å². The predicted octanol–water partition coefficient (Wildman–Crippen LogP) is 3.98. The van der Waals surface area contributed by atoms with Crippen molar-refractivity contribution in [3.63, 3.8) is 0 Å². The van der Waals surface area contributed by atoms with E-state index in [-0.39, 0.29) is 11.5 Å². The zero-order valence-electron chi connectivity index (χ0n) is 20.8. The number of aryl methyl sites for hydroxylation is 4. The summed E-state index contributed by atoms with van der Waals surface area (Å²) in [6.07, 6.45) is 18.4. The van der Waals surface area contributed by atoms with E-state index < -0.39 is 20.2 Å². The van der Waals surface area contributed by atoms with E-state index in [2.05, 4.69) is 58.5 Å². The number of imidazole rings is 2. The summed E-state index contributed by atoms with van der Waals surface area (Å²) in [6.45, 7) is 12.9. The zero-order chi connectivity index (χ0) is 26.7. The Bertz CT molecular complexity index is 975. The van der Waals surface area contributed by atoms with Crippen LogP contribution in [0.25, 0.3) is 0 Å². The molecule has 0 saturated carbocycles. The van der Waals surface area contributed by atoms with Gasteiger partial charge in [-0.05, 0) is 19.3 Å². The van der Waals surface area contributed by atoms with E-state index in [0.29, 0.717) is 0 Å². The Morgan fingerprint density at radius 3 is 1.40 bits per heavy atom. The zero-order valence-corrected chi connectivity index (χ0v) is 22.4. The van der Waals surface area contributed by atoms with Crippen molar-refractivity contribution in [1.82, 2.24) is 19.1 Å². The van der Waals surface area contributed by atoms with E-state index in [1.54, 1.807) is 0 Å². The molecule has 0 bridgehead atoms. The van der Waals surface area contributed by atoms with Gasteiger partial charge in [-0.25, -0.2) is 9.97 Å². The van der Waals surface area contributed by atoms with Crippen LogP contribution >= 0.6 is 0 Å². The first-order valence-corrected chi connectivity index (χ1v) is 14.8. The molecule has 2 heterocycles. The first kappa shape index (κ1) is 32.7. The summed E-state index contributed by atoms with van der Waals surface area (Å²) in [4.78, 5) is 8.99. The topological polar surface area (TPSA) is 144 Å². The first-order valence-electron chi connectivity index (χ1n) is 11.6. The van der Waals surface area contributed by atoms with Crippen molar-refractivity contribution in [2.24, 2.45) is 0 Å². The Hall–Kier alpha value is -2.28. The molecule has 2 aromatic rings. The fourth-order valence-electron chi connectivity index (χ4n) is 2.90. The van der Waals surface area contributed by atoms with Gasteiger partial charge in [-0.15, -0.1) is 13.2 Å². The molecule has 0 saturated heterocycles. The quantitative estimate of drug-likeness (QED) is 0.275. The van der Waals surface area contributed by atoms with Crippen molar-refractivity contribution in [2.75, 3.05) is 11.5 Å². The lowest BCUT2D eigenvalue weighted by atomic mass is 10.2. The summed E-state index contributed by atoms with van der Waals surface area (Å²) in [7, 11) is -7.58. The van der Waals surface area contributed by atoms with Crippen LogP contribution in [0.3, 0.4) is 0 Å². The average molecular weight is 533 g/mol. The minimum absolute atomic E-state index is 0.368. The van der Waals surface area contributed by atoms with E-state index in [9.17, 15) is 16.8 Å². The van der Waals surface area contributed by atoms with E-state index >= 15 is 0 Å². The molecular formula is C23H40N4O6S2. The Kier molecular flexibility index (Phi) is 16.9. The second kappa shape index (κ2) is 18.1. The molecule has 0 fully saturated rings. The normalized spacial score (nSPS) is 11.1. The molecule has 0 aromatic carbocycles. The predicted molar refractivity (Wildman–Crippen MR) is 140 cm³/mol. The molecule has 0 aliphatic carbocycles. The molecule has 0 unspecified atom stereocenters. The molecule has 0 aliphatic rings. The molecule has 200 valence electrons. The molecule has 2 aromatic heterocycles.